The lowest BCUT2D eigenvalue weighted by Crippen LogP contribution is -2.19. The van der Waals surface area contributed by atoms with Crippen LogP contribution < -0.4 is 10.2 Å². The second-order valence-corrected chi connectivity index (χ2v) is 7.30. The number of anilines is 1. The molecule has 106 valence electrons. The molecule has 1 aromatic rings. The Morgan fingerprint density at radius 1 is 1.26 bits per heavy atom. The summed E-state index contributed by atoms with van der Waals surface area (Å²) in [6.45, 7) is 10.3. The third-order valence-corrected chi connectivity index (χ3v) is 5.65. The molecule has 1 aliphatic heterocycles. The van der Waals surface area contributed by atoms with E-state index in [-0.39, 0.29) is 0 Å². The number of hydrogen-bond acceptors (Lipinski definition) is 4. The summed E-state index contributed by atoms with van der Waals surface area (Å²) in [7, 11) is 0. The van der Waals surface area contributed by atoms with E-state index in [1.165, 1.54) is 41.6 Å². The van der Waals surface area contributed by atoms with Crippen molar-refractivity contribution in [3.05, 3.63) is 10.6 Å². The second kappa shape index (κ2) is 5.41. The SMILES string of the molecule is CCc1nc(N2CC(C)C(C)C2)sc1CNC1CC1. The molecule has 2 unspecified atom stereocenters. The van der Waals surface area contributed by atoms with Crippen molar-refractivity contribution in [2.24, 2.45) is 11.8 Å². The lowest BCUT2D eigenvalue weighted by molar-refractivity contribution is 0.494. The van der Waals surface area contributed by atoms with Crippen LogP contribution in [0.25, 0.3) is 0 Å². The molecular weight excluding hydrogens is 254 g/mol. The van der Waals surface area contributed by atoms with Crippen molar-refractivity contribution in [2.45, 2.75) is 52.6 Å². The summed E-state index contributed by atoms with van der Waals surface area (Å²) >= 11 is 1.91. The minimum atomic E-state index is 0.780. The van der Waals surface area contributed by atoms with Crippen LogP contribution in [0.15, 0.2) is 0 Å². The zero-order valence-corrected chi connectivity index (χ0v) is 13.1. The van der Waals surface area contributed by atoms with E-state index in [9.17, 15) is 0 Å². The molecule has 2 fully saturated rings. The number of nitrogens with zero attached hydrogens (tertiary/aromatic N) is 2. The zero-order valence-electron chi connectivity index (χ0n) is 12.3. The summed E-state index contributed by atoms with van der Waals surface area (Å²) in [4.78, 5) is 8.82. The molecule has 1 N–H and O–H groups in total. The summed E-state index contributed by atoms with van der Waals surface area (Å²) in [5, 5.41) is 4.87. The molecule has 1 saturated carbocycles. The van der Waals surface area contributed by atoms with Crippen LogP contribution in [0.4, 0.5) is 5.13 Å². The minimum Gasteiger partial charge on any atom is -0.348 e. The first kappa shape index (κ1) is 13.4. The van der Waals surface area contributed by atoms with Crippen LogP contribution in [0, 0.1) is 11.8 Å². The molecule has 1 saturated heterocycles. The Morgan fingerprint density at radius 2 is 1.95 bits per heavy atom. The van der Waals surface area contributed by atoms with E-state index in [1.54, 1.807) is 0 Å². The molecule has 1 aliphatic carbocycles. The molecule has 3 rings (SSSR count). The maximum absolute atomic E-state index is 4.88. The quantitative estimate of drug-likeness (QED) is 0.898. The fraction of sp³-hybridized carbons (Fsp3) is 0.800. The smallest absolute Gasteiger partial charge is 0.185 e. The van der Waals surface area contributed by atoms with Crippen LogP contribution in [0.1, 0.15) is 44.2 Å². The standard InChI is InChI=1S/C15H25N3S/c1-4-13-14(7-16-12-5-6-12)19-15(17-13)18-8-10(2)11(3)9-18/h10-12,16H,4-9H2,1-3H3. The maximum Gasteiger partial charge on any atom is 0.185 e. The Bertz CT molecular complexity index is 429. The topological polar surface area (TPSA) is 28.2 Å². The predicted molar refractivity (Wildman–Crippen MR) is 81.9 cm³/mol. The molecule has 0 spiro atoms. The highest BCUT2D eigenvalue weighted by Gasteiger charge is 2.29. The van der Waals surface area contributed by atoms with Crippen molar-refractivity contribution in [3.8, 4) is 0 Å². The number of hydrogen-bond donors (Lipinski definition) is 1. The first-order valence-corrected chi connectivity index (χ1v) is 8.46. The molecule has 4 heteroatoms. The van der Waals surface area contributed by atoms with E-state index >= 15 is 0 Å². The van der Waals surface area contributed by atoms with E-state index in [4.69, 9.17) is 4.98 Å². The average Bonchev–Trinajstić information content (AvgIpc) is 3.04. The Labute approximate surface area is 120 Å². The van der Waals surface area contributed by atoms with Gasteiger partial charge in [0.15, 0.2) is 5.13 Å². The minimum absolute atomic E-state index is 0.780. The van der Waals surface area contributed by atoms with Gasteiger partial charge in [-0.2, -0.15) is 0 Å². The van der Waals surface area contributed by atoms with Gasteiger partial charge in [0.2, 0.25) is 0 Å². The lowest BCUT2D eigenvalue weighted by Gasteiger charge is -2.13. The third-order valence-electron chi connectivity index (χ3n) is 4.49. The van der Waals surface area contributed by atoms with E-state index in [1.807, 2.05) is 11.3 Å². The Morgan fingerprint density at radius 3 is 2.53 bits per heavy atom. The molecule has 3 nitrogen and oxygen atoms in total. The summed E-state index contributed by atoms with van der Waals surface area (Å²) in [6.07, 6.45) is 3.76. The fourth-order valence-electron chi connectivity index (χ4n) is 2.73. The van der Waals surface area contributed by atoms with Crippen molar-refractivity contribution in [3.63, 3.8) is 0 Å². The van der Waals surface area contributed by atoms with Crippen LogP contribution in [-0.2, 0) is 13.0 Å². The maximum atomic E-state index is 4.88. The van der Waals surface area contributed by atoms with Crippen LogP contribution in [0.3, 0.4) is 0 Å². The van der Waals surface area contributed by atoms with Crippen molar-refractivity contribution in [2.75, 3.05) is 18.0 Å². The number of rotatable bonds is 5. The van der Waals surface area contributed by atoms with Gasteiger partial charge in [-0.05, 0) is 31.1 Å². The molecule has 2 aliphatic rings. The first-order valence-electron chi connectivity index (χ1n) is 7.64. The van der Waals surface area contributed by atoms with Gasteiger partial charge in [0.25, 0.3) is 0 Å². The second-order valence-electron chi connectivity index (χ2n) is 6.23. The van der Waals surface area contributed by atoms with Crippen LogP contribution >= 0.6 is 11.3 Å². The fourth-order valence-corrected chi connectivity index (χ4v) is 3.85. The van der Waals surface area contributed by atoms with E-state index in [0.717, 1.165) is 30.8 Å². The van der Waals surface area contributed by atoms with E-state index < -0.39 is 0 Å². The highest BCUT2D eigenvalue weighted by molar-refractivity contribution is 7.15. The van der Waals surface area contributed by atoms with Crippen molar-refractivity contribution in [1.82, 2.24) is 10.3 Å². The van der Waals surface area contributed by atoms with Gasteiger partial charge in [0, 0.05) is 30.6 Å². The zero-order chi connectivity index (χ0) is 13.4. The molecule has 0 radical (unpaired) electrons. The Kier molecular flexibility index (Phi) is 3.81. The van der Waals surface area contributed by atoms with Crippen molar-refractivity contribution in [1.29, 1.82) is 0 Å². The van der Waals surface area contributed by atoms with Gasteiger partial charge in [0.1, 0.15) is 0 Å². The Balaban J connectivity index is 1.71. The van der Waals surface area contributed by atoms with Gasteiger partial charge < -0.3 is 10.2 Å². The van der Waals surface area contributed by atoms with Gasteiger partial charge in [-0.15, -0.1) is 11.3 Å². The molecule has 0 amide bonds. The highest BCUT2D eigenvalue weighted by Crippen LogP contribution is 2.33. The summed E-state index contributed by atoms with van der Waals surface area (Å²) in [5.74, 6) is 1.59. The van der Waals surface area contributed by atoms with E-state index in [2.05, 4.69) is 31.0 Å². The predicted octanol–water partition coefficient (Wildman–Crippen LogP) is 3.05. The largest absolute Gasteiger partial charge is 0.348 e. The number of thiazole rings is 1. The van der Waals surface area contributed by atoms with Gasteiger partial charge in [-0.25, -0.2) is 4.98 Å². The van der Waals surface area contributed by atoms with Gasteiger partial charge >= 0.3 is 0 Å². The Hall–Kier alpha value is -0.610. The summed E-state index contributed by atoms with van der Waals surface area (Å²) in [5.41, 5.74) is 1.31. The van der Waals surface area contributed by atoms with Gasteiger partial charge in [-0.1, -0.05) is 20.8 Å². The molecule has 0 bridgehead atoms. The monoisotopic (exact) mass is 279 g/mol. The van der Waals surface area contributed by atoms with Crippen LogP contribution in [0.2, 0.25) is 0 Å². The van der Waals surface area contributed by atoms with Gasteiger partial charge in [-0.3, -0.25) is 0 Å². The van der Waals surface area contributed by atoms with Crippen LogP contribution in [0.5, 0.6) is 0 Å². The lowest BCUT2D eigenvalue weighted by atomic mass is 10.0. The number of nitrogens with one attached hydrogen (secondary N) is 1. The molecule has 0 aromatic carbocycles. The summed E-state index contributed by atoms with van der Waals surface area (Å²) < 4.78 is 0. The number of aryl methyl sites for hydroxylation is 1. The molecule has 2 heterocycles. The normalized spacial score (nSPS) is 27.2. The molecule has 2 atom stereocenters. The van der Waals surface area contributed by atoms with Crippen LogP contribution in [-0.4, -0.2) is 24.1 Å². The van der Waals surface area contributed by atoms with Crippen molar-refractivity contribution < 1.29 is 0 Å². The molecular formula is C15H25N3S. The van der Waals surface area contributed by atoms with Gasteiger partial charge in [0.05, 0.1) is 5.69 Å². The average molecular weight is 279 g/mol. The number of aromatic nitrogens is 1. The molecule has 1 aromatic heterocycles. The van der Waals surface area contributed by atoms with E-state index in [0.29, 0.717) is 0 Å². The first-order chi connectivity index (χ1) is 9.17. The molecule has 19 heavy (non-hydrogen) atoms. The highest BCUT2D eigenvalue weighted by atomic mass is 32.1. The third kappa shape index (κ3) is 2.95. The summed E-state index contributed by atoms with van der Waals surface area (Å²) in [6, 6.07) is 0.780. The van der Waals surface area contributed by atoms with Crippen molar-refractivity contribution >= 4 is 16.5 Å².